The minimum atomic E-state index is -0.506. The van der Waals surface area contributed by atoms with Gasteiger partial charge in [0.15, 0.2) is 0 Å². The standard InChI is InChI=1S/C4H9FO2/c1-4(3-5)7-6-2/h4H,3H2,1-2H3. The van der Waals surface area contributed by atoms with Gasteiger partial charge in [0, 0.05) is 0 Å². The second-order valence-electron chi connectivity index (χ2n) is 1.23. The van der Waals surface area contributed by atoms with E-state index >= 15 is 0 Å². The van der Waals surface area contributed by atoms with E-state index in [2.05, 4.69) is 9.78 Å². The van der Waals surface area contributed by atoms with Gasteiger partial charge in [0.25, 0.3) is 0 Å². The van der Waals surface area contributed by atoms with Crippen molar-refractivity contribution in [3.8, 4) is 0 Å². The molecule has 0 fully saturated rings. The summed E-state index contributed by atoms with van der Waals surface area (Å²) in [7, 11) is 1.35. The van der Waals surface area contributed by atoms with Crippen molar-refractivity contribution in [1.29, 1.82) is 0 Å². The molecule has 0 rings (SSSR count). The van der Waals surface area contributed by atoms with Crippen molar-refractivity contribution < 1.29 is 14.2 Å². The Kier molecular flexibility index (Phi) is 3.93. The molecule has 0 aromatic carbocycles. The average molecular weight is 108 g/mol. The molecule has 0 bridgehead atoms. The van der Waals surface area contributed by atoms with Crippen LogP contribution in [0, 0.1) is 0 Å². The molecular formula is C4H9FO2. The summed E-state index contributed by atoms with van der Waals surface area (Å²) in [5.74, 6) is 0. The maximum Gasteiger partial charge on any atom is 0.118 e. The second-order valence-corrected chi connectivity index (χ2v) is 1.23. The monoisotopic (exact) mass is 108 g/mol. The average Bonchev–Trinajstić information content (AvgIpc) is 1.68. The maximum absolute atomic E-state index is 11.4. The molecule has 0 aromatic rings. The molecule has 0 amide bonds. The number of hydrogen-bond acceptors (Lipinski definition) is 2. The van der Waals surface area contributed by atoms with Gasteiger partial charge < -0.3 is 0 Å². The molecule has 0 aliphatic carbocycles. The fourth-order valence-corrected chi connectivity index (χ4v) is 0.190. The molecule has 0 N–H and O–H groups in total. The molecule has 0 aliphatic heterocycles. The number of alkyl halides is 1. The largest absolute Gasteiger partial charge is 0.248 e. The third-order valence-electron chi connectivity index (χ3n) is 0.478. The first-order valence-corrected chi connectivity index (χ1v) is 2.06. The molecule has 3 heteroatoms. The maximum atomic E-state index is 11.4. The van der Waals surface area contributed by atoms with Gasteiger partial charge in [0.1, 0.15) is 12.8 Å². The van der Waals surface area contributed by atoms with Crippen LogP contribution in [0.2, 0.25) is 0 Å². The summed E-state index contributed by atoms with van der Waals surface area (Å²) in [5.41, 5.74) is 0. The van der Waals surface area contributed by atoms with Gasteiger partial charge in [-0.2, -0.15) is 0 Å². The Bertz CT molecular complexity index is 40.7. The summed E-state index contributed by atoms with van der Waals surface area (Å²) in [6.45, 7) is 1.08. The Morgan fingerprint density at radius 3 is 2.43 bits per heavy atom. The molecule has 44 valence electrons. The normalized spacial score (nSPS) is 14.1. The second kappa shape index (κ2) is 4.02. The highest BCUT2D eigenvalue weighted by Crippen LogP contribution is 1.88. The highest BCUT2D eigenvalue weighted by atomic mass is 19.1. The molecular weight excluding hydrogens is 99.0 g/mol. The minimum absolute atomic E-state index is 0.440. The topological polar surface area (TPSA) is 18.5 Å². The zero-order chi connectivity index (χ0) is 5.70. The smallest absolute Gasteiger partial charge is 0.118 e. The lowest BCUT2D eigenvalue weighted by molar-refractivity contribution is -0.302. The Balaban J connectivity index is 2.83. The van der Waals surface area contributed by atoms with Crippen LogP contribution in [0.1, 0.15) is 6.92 Å². The van der Waals surface area contributed by atoms with E-state index in [0.717, 1.165) is 0 Å². The van der Waals surface area contributed by atoms with Gasteiger partial charge in [-0.25, -0.2) is 14.2 Å². The third-order valence-corrected chi connectivity index (χ3v) is 0.478. The summed E-state index contributed by atoms with van der Waals surface area (Å²) < 4.78 is 11.4. The molecule has 7 heavy (non-hydrogen) atoms. The van der Waals surface area contributed by atoms with Crippen LogP contribution in [0.5, 0.6) is 0 Å². The lowest BCUT2D eigenvalue weighted by Gasteiger charge is -2.01. The van der Waals surface area contributed by atoms with E-state index in [4.69, 9.17) is 0 Å². The molecule has 1 atom stereocenters. The summed E-state index contributed by atoms with van der Waals surface area (Å²) in [5, 5.41) is 0. The highest BCUT2D eigenvalue weighted by Gasteiger charge is 1.97. The molecule has 0 aromatic heterocycles. The molecule has 0 heterocycles. The summed E-state index contributed by atoms with van der Waals surface area (Å²) in [6.07, 6.45) is -0.440. The van der Waals surface area contributed by atoms with Crippen LogP contribution in [0.25, 0.3) is 0 Å². The van der Waals surface area contributed by atoms with Crippen LogP contribution in [-0.4, -0.2) is 19.9 Å². The van der Waals surface area contributed by atoms with Gasteiger partial charge in [-0.05, 0) is 6.92 Å². The first-order valence-electron chi connectivity index (χ1n) is 2.06. The van der Waals surface area contributed by atoms with Crippen LogP contribution in [0.3, 0.4) is 0 Å². The van der Waals surface area contributed by atoms with E-state index in [1.54, 1.807) is 6.92 Å². The van der Waals surface area contributed by atoms with Gasteiger partial charge in [0.05, 0.1) is 7.11 Å². The summed E-state index contributed by atoms with van der Waals surface area (Å²) in [4.78, 5) is 8.47. The van der Waals surface area contributed by atoms with Crippen molar-refractivity contribution in [2.24, 2.45) is 0 Å². The van der Waals surface area contributed by atoms with Crippen LogP contribution in [0.15, 0.2) is 0 Å². The fourth-order valence-electron chi connectivity index (χ4n) is 0.190. The number of rotatable bonds is 3. The van der Waals surface area contributed by atoms with Gasteiger partial charge in [-0.3, -0.25) is 0 Å². The first kappa shape index (κ1) is 6.85. The number of hydrogen-bond donors (Lipinski definition) is 0. The van der Waals surface area contributed by atoms with Gasteiger partial charge >= 0.3 is 0 Å². The predicted octanol–water partition coefficient (Wildman–Crippen LogP) is 0.922. The van der Waals surface area contributed by atoms with Crippen LogP contribution in [0.4, 0.5) is 4.39 Å². The lowest BCUT2D eigenvalue weighted by atomic mass is 10.5. The van der Waals surface area contributed by atoms with Gasteiger partial charge in [0.2, 0.25) is 0 Å². The molecule has 0 spiro atoms. The van der Waals surface area contributed by atoms with Crippen molar-refractivity contribution in [1.82, 2.24) is 0 Å². The summed E-state index contributed by atoms with van der Waals surface area (Å²) in [6, 6.07) is 0. The lowest BCUT2D eigenvalue weighted by Crippen LogP contribution is -2.08. The van der Waals surface area contributed by atoms with Gasteiger partial charge in [-0.15, -0.1) is 0 Å². The predicted molar refractivity (Wildman–Crippen MR) is 23.5 cm³/mol. The number of halogens is 1. The van der Waals surface area contributed by atoms with Crippen molar-refractivity contribution in [2.75, 3.05) is 13.8 Å². The Hall–Kier alpha value is -0.150. The molecule has 0 saturated heterocycles. The summed E-state index contributed by atoms with van der Waals surface area (Å²) >= 11 is 0. The van der Waals surface area contributed by atoms with Crippen molar-refractivity contribution in [3.05, 3.63) is 0 Å². The zero-order valence-corrected chi connectivity index (χ0v) is 4.48. The molecule has 2 nitrogen and oxygen atoms in total. The molecule has 0 radical (unpaired) electrons. The van der Waals surface area contributed by atoms with Crippen LogP contribution in [-0.2, 0) is 9.78 Å². The van der Waals surface area contributed by atoms with Gasteiger partial charge in [-0.1, -0.05) is 0 Å². The SMILES string of the molecule is COOC(C)CF. The Labute approximate surface area is 42.2 Å². The quantitative estimate of drug-likeness (QED) is 0.395. The van der Waals surface area contributed by atoms with E-state index in [-0.39, 0.29) is 0 Å². The van der Waals surface area contributed by atoms with E-state index in [0.29, 0.717) is 0 Å². The zero-order valence-electron chi connectivity index (χ0n) is 4.48. The van der Waals surface area contributed by atoms with E-state index in [1.807, 2.05) is 0 Å². The van der Waals surface area contributed by atoms with E-state index in [1.165, 1.54) is 7.11 Å². The highest BCUT2D eigenvalue weighted by molar-refractivity contribution is 4.37. The Morgan fingerprint density at radius 2 is 2.29 bits per heavy atom. The Morgan fingerprint density at radius 1 is 1.71 bits per heavy atom. The van der Waals surface area contributed by atoms with Crippen molar-refractivity contribution >= 4 is 0 Å². The van der Waals surface area contributed by atoms with Crippen molar-refractivity contribution in [2.45, 2.75) is 13.0 Å². The third kappa shape index (κ3) is 3.69. The first-order chi connectivity index (χ1) is 3.31. The fraction of sp³-hybridized carbons (Fsp3) is 1.00. The van der Waals surface area contributed by atoms with Crippen LogP contribution >= 0.6 is 0 Å². The van der Waals surface area contributed by atoms with E-state index in [9.17, 15) is 4.39 Å². The van der Waals surface area contributed by atoms with Crippen LogP contribution < -0.4 is 0 Å². The molecule has 0 aliphatic rings. The minimum Gasteiger partial charge on any atom is -0.248 e. The molecule has 1 unspecified atom stereocenters. The molecule has 0 saturated carbocycles. The van der Waals surface area contributed by atoms with Crippen molar-refractivity contribution in [3.63, 3.8) is 0 Å². The van der Waals surface area contributed by atoms with E-state index < -0.39 is 12.8 Å².